The molecule has 0 bridgehead atoms. The molecule has 5 nitrogen and oxygen atoms in total. The summed E-state index contributed by atoms with van der Waals surface area (Å²) in [7, 11) is 0. The van der Waals surface area contributed by atoms with Crippen LogP contribution in [0.3, 0.4) is 0 Å². The minimum Gasteiger partial charge on any atom is -0.481 e. The molecule has 1 aliphatic carbocycles. The van der Waals surface area contributed by atoms with Crippen molar-refractivity contribution < 1.29 is 25.2 Å². The molecule has 28 heavy (non-hydrogen) atoms. The number of aliphatic hydroxyl groups is 3. The summed E-state index contributed by atoms with van der Waals surface area (Å²) in [6.45, 7) is 0. The first-order valence-corrected chi connectivity index (χ1v) is 11.6. The minimum atomic E-state index is -0.747. The predicted octanol–water partition coefficient (Wildman–Crippen LogP) is 4.00. The zero-order valence-corrected chi connectivity index (χ0v) is 17.5. The number of unbranched alkanes of at least 4 members (excludes halogenated alkanes) is 3. The van der Waals surface area contributed by atoms with Crippen molar-refractivity contribution in [1.29, 1.82) is 0 Å². The van der Waals surface area contributed by atoms with Gasteiger partial charge in [-0.05, 0) is 74.6 Å². The van der Waals surface area contributed by atoms with Gasteiger partial charge in [0.15, 0.2) is 0 Å². The average molecular weight is 413 g/mol. The van der Waals surface area contributed by atoms with Crippen molar-refractivity contribution in [2.45, 2.75) is 95.4 Å². The van der Waals surface area contributed by atoms with Crippen molar-refractivity contribution in [1.82, 2.24) is 0 Å². The number of thiophene rings is 1. The normalized spacial score (nSPS) is 25.8. The van der Waals surface area contributed by atoms with Gasteiger partial charge in [0.2, 0.25) is 0 Å². The van der Waals surface area contributed by atoms with Gasteiger partial charge in [-0.3, -0.25) is 4.79 Å². The standard InChI is InChI=1S/C22H36O5S/c23-16(7-5-8-17-9-6-14-28-17)12-13-19-18(20(24)15-21(19)25)10-3-1-2-4-11-22(26)27/h6,9,14,16,18-21,23-25H,1-5,7-8,10-13,15H2,(H,26,27). The van der Waals surface area contributed by atoms with Crippen molar-refractivity contribution in [2.75, 3.05) is 0 Å². The molecule has 5 atom stereocenters. The minimum absolute atomic E-state index is 0.0564. The fourth-order valence-electron chi connectivity index (χ4n) is 4.49. The zero-order valence-electron chi connectivity index (χ0n) is 16.7. The Morgan fingerprint density at radius 3 is 2.43 bits per heavy atom. The third-order valence-corrected chi connectivity index (χ3v) is 7.01. The lowest BCUT2D eigenvalue weighted by molar-refractivity contribution is -0.137. The molecule has 5 unspecified atom stereocenters. The summed E-state index contributed by atoms with van der Waals surface area (Å²) in [6, 6.07) is 4.18. The monoisotopic (exact) mass is 412 g/mol. The van der Waals surface area contributed by atoms with Crippen LogP contribution < -0.4 is 0 Å². The van der Waals surface area contributed by atoms with E-state index in [4.69, 9.17) is 5.11 Å². The van der Waals surface area contributed by atoms with Crippen LogP contribution in [-0.4, -0.2) is 44.7 Å². The summed E-state index contributed by atoms with van der Waals surface area (Å²) in [5.74, 6) is -0.600. The van der Waals surface area contributed by atoms with Crippen LogP contribution in [0.25, 0.3) is 0 Å². The maximum absolute atomic E-state index is 10.5. The quantitative estimate of drug-likeness (QED) is 0.346. The Bertz CT molecular complexity index is 547. The number of carboxylic acid groups (broad SMARTS) is 1. The van der Waals surface area contributed by atoms with Gasteiger partial charge in [-0.15, -0.1) is 11.3 Å². The van der Waals surface area contributed by atoms with Gasteiger partial charge in [0, 0.05) is 11.3 Å². The highest BCUT2D eigenvalue weighted by Gasteiger charge is 2.40. The van der Waals surface area contributed by atoms with E-state index in [1.165, 1.54) is 4.88 Å². The summed E-state index contributed by atoms with van der Waals surface area (Å²) < 4.78 is 0. The van der Waals surface area contributed by atoms with Crippen LogP contribution in [-0.2, 0) is 11.2 Å². The highest BCUT2D eigenvalue weighted by molar-refractivity contribution is 7.09. The van der Waals surface area contributed by atoms with Gasteiger partial charge < -0.3 is 20.4 Å². The molecule has 1 fully saturated rings. The van der Waals surface area contributed by atoms with Gasteiger partial charge >= 0.3 is 5.97 Å². The molecule has 2 rings (SSSR count). The molecule has 0 aromatic carbocycles. The molecule has 0 saturated heterocycles. The van der Waals surface area contributed by atoms with Gasteiger partial charge in [-0.1, -0.05) is 25.3 Å². The molecular weight excluding hydrogens is 376 g/mol. The first-order chi connectivity index (χ1) is 13.5. The van der Waals surface area contributed by atoms with E-state index in [0.717, 1.165) is 51.4 Å². The Kier molecular flexibility index (Phi) is 10.5. The number of carbonyl (C=O) groups is 1. The molecule has 1 aliphatic rings. The van der Waals surface area contributed by atoms with Crippen LogP contribution in [0.4, 0.5) is 0 Å². The number of hydrogen-bond acceptors (Lipinski definition) is 5. The molecule has 160 valence electrons. The molecule has 0 amide bonds. The van der Waals surface area contributed by atoms with Crippen molar-refractivity contribution in [3.63, 3.8) is 0 Å². The summed E-state index contributed by atoms with van der Waals surface area (Å²) in [5, 5.41) is 41.7. The van der Waals surface area contributed by atoms with Crippen molar-refractivity contribution >= 4 is 17.3 Å². The molecule has 1 saturated carbocycles. The molecule has 1 aromatic rings. The summed E-state index contributed by atoms with van der Waals surface area (Å²) in [4.78, 5) is 11.9. The van der Waals surface area contributed by atoms with Gasteiger partial charge in [-0.2, -0.15) is 0 Å². The van der Waals surface area contributed by atoms with E-state index in [2.05, 4.69) is 17.5 Å². The lowest BCUT2D eigenvalue weighted by Gasteiger charge is -2.24. The van der Waals surface area contributed by atoms with Crippen molar-refractivity contribution in [3.05, 3.63) is 22.4 Å². The third-order valence-electron chi connectivity index (χ3n) is 6.07. The Hall–Kier alpha value is -0.950. The van der Waals surface area contributed by atoms with Crippen LogP contribution in [0.1, 0.15) is 75.5 Å². The Morgan fingerprint density at radius 2 is 1.75 bits per heavy atom. The smallest absolute Gasteiger partial charge is 0.303 e. The van der Waals surface area contributed by atoms with Crippen molar-refractivity contribution in [3.8, 4) is 0 Å². The van der Waals surface area contributed by atoms with Crippen LogP contribution in [0.15, 0.2) is 17.5 Å². The number of aliphatic carboxylic acids is 1. The molecule has 1 aromatic heterocycles. The number of carboxylic acids is 1. The van der Waals surface area contributed by atoms with Crippen LogP contribution in [0.5, 0.6) is 0 Å². The first-order valence-electron chi connectivity index (χ1n) is 10.8. The van der Waals surface area contributed by atoms with E-state index >= 15 is 0 Å². The van der Waals surface area contributed by atoms with Gasteiger partial charge in [0.25, 0.3) is 0 Å². The van der Waals surface area contributed by atoms with E-state index in [1.54, 1.807) is 11.3 Å². The van der Waals surface area contributed by atoms with Gasteiger partial charge in [0.05, 0.1) is 18.3 Å². The maximum Gasteiger partial charge on any atom is 0.303 e. The maximum atomic E-state index is 10.5. The van der Waals surface area contributed by atoms with Gasteiger partial charge in [0.1, 0.15) is 0 Å². The molecule has 4 N–H and O–H groups in total. The lowest BCUT2D eigenvalue weighted by Crippen LogP contribution is -2.24. The van der Waals surface area contributed by atoms with E-state index in [1.807, 2.05) is 0 Å². The lowest BCUT2D eigenvalue weighted by atomic mass is 9.84. The second-order valence-corrected chi connectivity index (χ2v) is 9.28. The molecule has 0 radical (unpaired) electrons. The van der Waals surface area contributed by atoms with Crippen molar-refractivity contribution in [2.24, 2.45) is 11.8 Å². The molecule has 0 aliphatic heterocycles. The first kappa shape index (κ1) is 23.3. The number of hydrogen-bond donors (Lipinski definition) is 4. The second kappa shape index (κ2) is 12.6. The van der Waals surface area contributed by atoms with Gasteiger partial charge in [-0.25, -0.2) is 0 Å². The van der Waals surface area contributed by atoms with Crippen LogP contribution in [0.2, 0.25) is 0 Å². The Balaban J connectivity index is 1.65. The Labute approximate surface area is 172 Å². The van der Waals surface area contributed by atoms with E-state index < -0.39 is 18.2 Å². The predicted molar refractivity (Wildman–Crippen MR) is 111 cm³/mol. The topological polar surface area (TPSA) is 98.0 Å². The van der Waals surface area contributed by atoms with E-state index in [9.17, 15) is 20.1 Å². The highest BCUT2D eigenvalue weighted by atomic mass is 32.1. The van der Waals surface area contributed by atoms with E-state index in [0.29, 0.717) is 19.3 Å². The second-order valence-electron chi connectivity index (χ2n) is 8.25. The fourth-order valence-corrected chi connectivity index (χ4v) is 5.24. The van der Waals surface area contributed by atoms with E-state index in [-0.39, 0.29) is 24.4 Å². The number of aliphatic hydroxyl groups excluding tert-OH is 3. The van der Waals surface area contributed by atoms with Crippen LogP contribution in [0, 0.1) is 11.8 Å². The largest absolute Gasteiger partial charge is 0.481 e. The summed E-state index contributed by atoms with van der Waals surface area (Å²) >= 11 is 1.75. The summed E-state index contributed by atoms with van der Waals surface area (Å²) in [5.41, 5.74) is 0. The SMILES string of the molecule is O=C(O)CCCCCCC1C(O)CC(O)C1CCC(O)CCCc1cccs1. The highest BCUT2D eigenvalue weighted by Crippen LogP contribution is 2.39. The third kappa shape index (κ3) is 8.19. The molecular formula is C22H36O5S. The number of rotatable bonds is 14. The molecule has 1 heterocycles. The zero-order chi connectivity index (χ0) is 20.4. The Morgan fingerprint density at radius 1 is 1.04 bits per heavy atom. The number of aryl methyl sites for hydroxylation is 1. The molecule has 6 heteroatoms. The van der Waals surface area contributed by atoms with Crippen LogP contribution >= 0.6 is 11.3 Å². The summed E-state index contributed by atoms with van der Waals surface area (Å²) in [6.07, 6.45) is 7.91. The molecule has 0 spiro atoms. The fraction of sp³-hybridized carbons (Fsp3) is 0.773. The average Bonchev–Trinajstić information content (AvgIpc) is 3.24.